The topological polar surface area (TPSA) is 66.5 Å². The van der Waals surface area contributed by atoms with Gasteiger partial charge in [-0.3, -0.25) is 4.79 Å². The molecule has 1 atom stereocenters. The second kappa shape index (κ2) is 6.92. The summed E-state index contributed by atoms with van der Waals surface area (Å²) in [5.74, 6) is 1.05. The maximum Gasteiger partial charge on any atom is 0.246 e. The van der Waals surface area contributed by atoms with Crippen molar-refractivity contribution in [1.82, 2.24) is 9.62 Å². The normalized spacial score (nSPS) is 22.3. The van der Waals surface area contributed by atoms with Crippen LogP contribution in [0.25, 0.3) is 0 Å². The van der Waals surface area contributed by atoms with Crippen LogP contribution in [0.15, 0.2) is 27.6 Å². The van der Waals surface area contributed by atoms with Crippen LogP contribution in [0.1, 0.15) is 12.8 Å². The Kier molecular flexibility index (Phi) is 5.27. The first-order valence-corrected chi connectivity index (χ1v) is 11.0. The Morgan fingerprint density at radius 1 is 1.43 bits per heavy atom. The van der Waals surface area contributed by atoms with Crippen molar-refractivity contribution in [2.45, 2.75) is 23.8 Å². The quantitative estimate of drug-likeness (QED) is 0.766. The lowest BCUT2D eigenvalue weighted by Gasteiger charge is -2.23. The van der Waals surface area contributed by atoms with E-state index in [-0.39, 0.29) is 21.7 Å². The van der Waals surface area contributed by atoms with E-state index in [9.17, 15) is 13.2 Å². The van der Waals surface area contributed by atoms with Crippen LogP contribution in [-0.2, 0) is 14.8 Å². The van der Waals surface area contributed by atoms with Gasteiger partial charge in [-0.2, -0.15) is 4.31 Å². The molecule has 1 heterocycles. The number of carbonyl (C=O) groups is 1. The molecule has 1 aliphatic carbocycles. The number of rotatable bonds is 5. The molecular formula is C14H16BrClN2O3S2. The Balaban J connectivity index is 1.81. The number of nitrogens with one attached hydrogen (secondary N) is 1. The number of carbonyl (C=O) groups excluding carboxylic acids is 1. The van der Waals surface area contributed by atoms with Crippen LogP contribution in [0.4, 0.5) is 0 Å². The largest absolute Gasteiger partial charge is 0.354 e. The molecular weight excluding hydrogens is 424 g/mol. The van der Waals surface area contributed by atoms with Gasteiger partial charge in [0.05, 0.1) is 10.9 Å². The number of thioether (sulfide) groups is 1. The van der Waals surface area contributed by atoms with Gasteiger partial charge in [-0.1, -0.05) is 27.5 Å². The Bertz CT molecular complexity index is 725. The number of hydrogen-bond donors (Lipinski definition) is 1. The zero-order valence-corrected chi connectivity index (χ0v) is 16.1. The molecule has 1 aliphatic heterocycles. The molecule has 0 aromatic heterocycles. The molecule has 5 nitrogen and oxygen atoms in total. The van der Waals surface area contributed by atoms with Crippen LogP contribution >= 0.6 is 39.3 Å². The summed E-state index contributed by atoms with van der Waals surface area (Å²) in [6, 6.07) is 3.96. The first kappa shape index (κ1) is 17.5. The molecule has 1 N–H and O–H groups in total. The van der Waals surface area contributed by atoms with E-state index in [1.807, 2.05) is 0 Å². The van der Waals surface area contributed by atoms with E-state index >= 15 is 0 Å². The van der Waals surface area contributed by atoms with Gasteiger partial charge in [0.15, 0.2) is 0 Å². The zero-order chi connectivity index (χ0) is 16.6. The van der Waals surface area contributed by atoms with E-state index in [0.717, 1.165) is 12.8 Å². The number of hydrogen-bond acceptors (Lipinski definition) is 4. The first-order chi connectivity index (χ1) is 10.9. The molecule has 1 saturated heterocycles. The van der Waals surface area contributed by atoms with Crippen molar-refractivity contribution < 1.29 is 13.2 Å². The Hall–Kier alpha value is -0.280. The van der Waals surface area contributed by atoms with Gasteiger partial charge in [0, 0.05) is 16.8 Å². The lowest BCUT2D eigenvalue weighted by Crippen LogP contribution is -2.47. The molecule has 0 radical (unpaired) electrons. The van der Waals surface area contributed by atoms with Gasteiger partial charge in [-0.25, -0.2) is 8.42 Å². The molecule has 23 heavy (non-hydrogen) atoms. The molecule has 126 valence electrons. The van der Waals surface area contributed by atoms with Crippen LogP contribution < -0.4 is 5.32 Å². The summed E-state index contributed by atoms with van der Waals surface area (Å²) in [5, 5.41) is 3.01. The predicted molar refractivity (Wildman–Crippen MR) is 95.0 cm³/mol. The van der Waals surface area contributed by atoms with Gasteiger partial charge in [0.25, 0.3) is 0 Å². The maximum absolute atomic E-state index is 12.9. The third-order valence-electron chi connectivity index (χ3n) is 3.89. The molecule has 9 heteroatoms. The average molecular weight is 440 g/mol. The van der Waals surface area contributed by atoms with Gasteiger partial charge in [0.2, 0.25) is 15.9 Å². The summed E-state index contributed by atoms with van der Waals surface area (Å²) in [6.45, 7) is 0.632. The average Bonchev–Trinajstić information content (AvgIpc) is 3.17. The maximum atomic E-state index is 12.9. The van der Waals surface area contributed by atoms with Crippen molar-refractivity contribution in [2.75, 3.05) is 18.2 Å². The lowest BCUT2D eigenvalue weighted by atomic mass is 10.3. The van der Waals surface area contributed by atoms with Gasteiger partial charge in [0.1, 0.15) is 10.9 Å². The molecule has 1 aromatic carbocycles. The minimum atomic E-state index is -3.80. The van der Waals surface area contributed by atoms with Crippen molar-refractivity contribution in [3.05, 3.63) is 27.7 Å². The monoisotopic (exact) mass is 438 g/mol. The van der Waals surface area contributed by atoms with E-state index in [2.05, 4.69) is 21.2 Å². The lowest BCUT2D eigenvalue weighted by molar-refractivity contribution is -0.123. The van der Waals surface area contributed by atoms with Gasteiger partial charge in [-0.15, -0.1) is 11.8 Å². The number of nitrogens with zero attached hydrogens (tertiary/aromatic N) is 1. The van der Waals surface area contributed by atoms with E-state index in [4.69, 9.17) is 11.6 Å². The molecule has 1 aromatic rings. The second-order valence-corrected chi connectivity index (χ2v) is 9.85. The number of benzene rings is 1. The molecule has 0 bridgehead atoms. The Morgan fingerprint density at radius 2 is 2.17 bits per heavy atom. The van der Waals surface area contributed by atoms with Crippen LogP contribution in [0.3, 0.4) is 0 Å². The number of amides is 1. The fourth-order valence-corrected chi connectivity index (χ4v) is 6.53. The summed E-state index contributed by atoms with van der Waals surface area (Å²) < 4.78 is 27.7. The summed E-state index contributed by atoms with van der Waals surface area (Å²) in [4.78, 5) is 12.4. The fourth-order valence-electron chi connectivity index (χ4n) is 2.37. The van der Waals surface area contributed by atoms with Crippen molar-refractivity contribution >= 4 is 55.2 Å². The minimum Gasteiger partial charge on any atom is -0.354 e. The molecule has 3 rings (SSSR count). The summed E-state index contributed by atoms with van der Waals surface area (Å²) in [7, 11) is -3.80. The Morgan fingerprint density at radius 3 is 2.83 bits per heavy atom. The highest BCUT2D eigenvalue weighted by Crippen LogP contribution is 2.33. The van der Waals surface area contributed by atoms with Crippen molar-refractivity contribution in [3.8, 4) is 0 Å². The van der Waals surface area contributed by atoms with Crippen LogP contribution in [0, 0.1) is 5.92 Å². The third-order valence-corrected chi connectivity index (χ3v) is 7.89. The summed E-state index contributed by atoms with van der Waals surface area (Å²) >= 11 is 10.8. The van der Waals surface area contributed by atoms with Crippen LogP contribution in [0.2, 0.25) is 5.02 Å². The van der Waals surface area contributed by atoms with Gasteiger partial charge < -0.3 is 5.32 Å². The summed E-state index contributed by atoms with van der Waals surface area (Å²) in [5.41, 5.74) is 0. The van der Waals surface area contributed by atoms with Gasteiger partial charge >= 0.3 is 0 Å². The van der Waals surface area contributed by atoms with E-state index in [1.165, 1.54) is 22.1 Å². The first-order valence-electron chi connectivity index (χ1n) is 7.22. The number of sulfonamides is 1. The molecule has 1 saturated carbocycles. The fraction of sp³-hybridized carbons (Fsp3) is 0.500. The number of halogens is 2. The van der Waals surface area contributed by atoms with E-state index in [0.29, 0.717) is 22.7 Å². The van der Waals surface area contributed by atoms with E-state index < -0.39 is 16.1 Å². The minimum absolute atomic E-state index is 0.0323. The zero-order valence-electron chi connectivity index (χ0n) is 12.2. The highest BCUT2D eigenvalue weighted by Gasteiger charge is 2.41. The highest BCUT2D eigenvalue weighted by molar-refractivity contribution is 9.10. The van der Waals surface area contributed by atoms with Crippen molar-refractivity contribution in [3.63, 3.8) is 0 Å². The molecule has 1 amide bonds. The predicted octanol–water partition coefficient (Wildman–Crippen LogP) is 2.69. The smallest absolute Gasteiger partial charge is 0.246 e. The van der Waals surface area contributed by atoms with Crippen LogP contribution in [0.5, 0.6) is 0 Å². The second-order valence-electron chi connectivity index (χ2n) is 5.67. The summed E-state index contributed by atoms with van der Waals surface area (Å²) in [6.07, 6.45) is 2.27. The Labute approximate surface area is 153 Å². The van der Waals surface area contributed by atoms with Gasteiger partial charge in [-0.05, 0) is 37.0 Å². The SMILES string of the molecule is O=C(NCC1CC1)C1CSCN1S(=O)(=O)c1ccc(Br)cc1Cl. The van der Waals surface area contributed by atoms with E-state index in [1.54, 1.807) is 12.1 Å². The molecule has 2 aliphatic rings. The highest BCUT2D eigenvalue weighted by atomic mass is 79.9. The van der Waals surface area contributed by atoms with Crippen molar-refractivity contribution in [2.24, 2.45) is 5.92 Å². The standard InChI is InChI=1S/C14H16BrClN2O3S2/c15-10-3-4-13(11(16)5-10)23(20,21)18-8-22-7-12(18)14(19)17-6-9-1-2-9/h3-5,9,12H,1-2,6-8H2,(H,17,19). The molecule has 1 unspecified atom stereocenters. The van der Waals surface area contributed by atoms with Crippen molar-refractivity contribution in [1.29, 1.82) is 0 Å². The molecule has 0 spiro atoms. The van der Waals surface area contributed by atoms with Crippen LogP contribution in [-0.4, -0.2) is 42.8 Å². The third kappa shape index (κ3) is 3.87. The molecule has 2 fully saturated rings.